The second-order valence-electron chi connectivity index (χ2n) is 6.95. The highest BCUT2D eigenvalue weighted by molar-refractivity contribution is 5.95. The SMILES string of the molecule is COC(=O)c1cnc(Nc2ccc(F)cc2F)nc1Nc1cccc(-c2ncn(C)n2)c1OC. The van der Waals surface area contributed by atoms with E-state index in [0.717, 1.165) is 12.1 Å². The molecule has 0 aliphatic heterocycles. The van der Waals surface area contributed by atoms with Gasteiger partial charge in [0.2, 0.25) is 5.95 Å². The van der Waals surface area contributed by atoms with Crippen molar-refractivity contribution in [2.75, 3.05) is 24.9 Å². The van der Waals surface area contributed by atoms with Gasteiger partial charge in [-0.1, -0.05) is 6.07 Å². The maximum absolute atomic E-state index is 14.1. The zero-order valence-corrected chi connectivity index (χ0v) is 18.3. The van der Waals surface area contributed by atoms with Crippen molar-refractivity contribution in [3.63, 3.8) is 0 Å². The van der Waals surface area contributed by atoms with Gasteiger partial charge in [-0.25, -0.2) is 23.5 Å². The lowest BCUT2D eigenvalue weighted by Gasteiger charge is -2.16. The van der Waals surface area contributed by atoms with E-state index in [1.807, 2.05) is 0 Å². The molecule has 12 heteroatoms. The van der Waals surface area contributed by atoms with Gasteiger partial charge >= 0.3 is 5.97 Å². The minimum absolute atomic E-state index is 0.0241. The highest BCUT2D eigenvalue weighted by atomic mass is 19.1. The Morgan fingerprint density at radius 1 is 1.06 bits per heavy atom. The van der Waals surface area contributed by atoms with Gasteiger partial charge in [-0.3, -0.25) is 4.68 Å². The molecule has 0 amide bonds. The van der Waals surface area contributed by atoms with Crippen LogP contribution in [0.3, 0.4) is 0 Å². The Morgan fingerprint density at radius 2 is 1.88 bits per heavy atom. The van der Waals surface area contributed by atoms with Gasteiger partial charge in [0.1, 0.15) is 23.5 Å². The number of halogens is 2. The Hall–Kier alpha value is -4.61. The maximum atomic E-state index is 14.1. The van der Waals surface area contributed by atoms with Crippen molar-refractivity contribution in [2.24, 2.45) is 7.05 Å². The lowest BCUT2D eigenvalue weighted by Crippen LogP contribution is -2.11. The summed E-state index contributed by atoms with van der Waals surface area (Å²) in [6.07, 6.45) is 2.78. The number of nitrogens with zero attached hydrogens (tertiary/aromatic N) is 5. The van der Waals surface area contributed by atoms with Gasteiger partial charge in [-0.05, 0) is 24.3 Å². The number of esters is 1. The zero-order valence-electron chi connectivity index (χ0n) is 18.3. The van der Waals surface area contributed by atoms with Crippen LogP contribution < -0.4 is 15.4 Å². The first-order valence-corrected chi connectivity index (χ1v) is 9.87. The van der Waals surface area contributed by atoms with E-state index in [2.05, 4.69) is 30.7 Å². The van der Waals surface area contributed by atoms with Crippen molar-refractivity contribution in [1.82, 2.24) is 24.7 Å². The highest BCUT2D eigenvalue weighted by Crippen LogP contribution is 2.36. The molecule has 0 saturated heterocycles. The summed E-state index contributed by atoms with van der Waals surface area (Å²) in [5, 5.41) is 10.0. The van der Waals surface area contributed by atoms with Gasteiger partial charge < -0.3 is 20.1 Å². The molecule has 2 aromatic carbocycles. The van der Waals surface area contributed by atoms with E-state index < -0.39 is 17.6 Å². The van der Waals surface area contributed by atoms with E-state index in [4.69, 9.17) is 9.47 Å². The quantitative estimate of drug-likeness (QED) is 0.391. The molecule has 0 saturated carbocycles. The molecule has 174 valence electrons. The molecule has 0 spiro atoms. The fourth-order valence-corrected chi connectivity index (χ4v) is 3.13. The molecule has 34 heavy (non-hydrogen) atoms. The minimum atomic E-state index is -0.826. The van der Waals surface area contributed by atoms with Crippen molar-refractivity contribution in [3.05, 3.63) is 66.1 Å². The lowest BCUT2D eigenvalue weighted by atomic mass is 10.1. The predicted octanol–water partition coefficient (Wildman–Crippen LogP) is 3.83. The molecule has 4 aromatic rings. The molecule has 0 unspecified atom stereocenters. The number of para-hydroxylation sites is 1. The van der Waals surface area contributed by atoms with E-state index in [0.29, 0.717) is 22.8 Å². The van der Waals surface area contributed by atoms with Crippen molar-refractivity contribution in [3.8, 4) is 17.1 Å². The Labute approximate surface area is 192 Å². The largest absolute Gasteiger partial charge is 0.494 e. The molecule has 0 aliphatic rings. The minimum Gasteiger partial charge on any atom is -0.494 e. The number of carbonyl (C=O) groups excluding carboxylic acids is 1. The van der Waals surface area contributed by atoms with Crippen molar-refractivity contribution in [1.29, 1.82) is 0 Å². The Kier molecular flexibility index (Phi) is 6.30. The third-order valence-corrected chi connectivity index (χ3v) is 4.68. The number of aryl methyl sites for hydroxylation is 1. The average Bonchev–Trinajstić information content (AvgIpc) is 3.26. The van der Waals surface area contributed by atoms with Gasteiger partial charge in [0.05, 0.1) is 31.2 Å². The summed E-state index contributed by atoms with van der Waals surface area (Å²) >= 11 is 0. The number of ether oxygens (including phenoxy) is 2. The normalized spacial score (nSPS) is 10.6. The van der Waals surface area contributed by atoms with Crippen LogP contribution in [0.25, 0.3) is 11.4 Å². The summed E-state index contributed by atoms with van der Waals surface area (Å²) in [5.41, 5.74) is 1.04. The van der Waals surface area contributed by atoms with E-state index in [9.17, 15) is 13.6 Å². The number of carbonyl (C=O) groups is 1. The average molecular weight is 467 g/mol. The standard InChI is InChI=1S/C22H19F2N7O3/c1-31-11-26-19(30-31)13-5-4-6-17(18(13)33-2)27-20-14(21(32)34-3)10-25-22(29-20)28-16-8-7-12(23)9-15(16)24/h4-11H,1-3H3,(H2,25,27,28,29). The summed E-state index contributed by atoms with van der Waals surface area (Å²) in [4.78, 5) is 24.9. The zero-order chi connectivity index (χ0) is 24.2. The van der Waals surface area contributed by atoms with Crippen LogP contribution in [0.2, 0.25) is 0 Å². The fourth-order valence-electron chi connectivity index (χ4n) is 3.13. The molecular weight excluding hydrogens is 448 g/mol. The summed E-state index contributed by atoms with van der Waals surface area (Å²) < 4.78 is 39.3. The molecule has 10 nitrogen and oxygen atoms in total. The second-order valence-corrected chi connectivity index (χ2v) is 6.95. The smallest absolute Gasteiger partial charge is 0.343 e. The molecular formula is C22H19F2N7O3. The second kappa shape index (κ2) is 9.48. The first kappa shape index (κ1) is 22.6. The number of anilines is 4. The molecule has 0 atom stereocenters. The van der Waals surface area contributed by atoms with Crippen LogP contribution in [0.5, 0.6) is 5.75 Å². The Balaban J connectivity index is 1.74. The monoisotopic (exact) mass is 467 g/mol. The number of nitrogens with one attached hydrogen (secondary N) is 2. The number of aromatic nitrogens is 5. The summed E-state index contributed by atoms with van der Waals surface area (Å²) in [6, 6.07) is 8.28. The van der Waals surface area contributed by atoms with Gasteiger partial charge in [0.25, 0.3) is 0 Å². The number of hydrogen-bond acceptors (Lipinski definition) is 9. The van der Waals surface area contributed by atoms with Crippen LogP contribution in [0.15, 0.2) is 48.9 Å². The van der Waals surface area contributed by atoms with Crippen LogP contribution in [0.4, 0.5) is 31.9 Å². The predicted molar refractivity (Wildman–Crippen MR) is 119 cm³/mol. The van der Waals surface area contributed by atoms with Crippen LogP contribution >= 0.6 is 0 Å². The summed E-state index contributed by atoms with van der Waals surface area (Å²) in [5.74, 6) is -1.37. The number of methoxy groups -OCH3 is 2. The molecule has 2 N–H and O–H groups in total. The Morgan fingerprint density at radius 3 is 2.56 bits per heavy atom. The summed E-state index contributed by atoms with van der Waals surface area (Å²) in [7, 11) is 4.45. The number of benzene rings is 2. The van der Waals surface area contributed by atoms with E-state index in [-0.39, 0.29) is 23.0 Å². The molecule has 4 rings (SSSR count). The van der Waals surface area contributed by atoms with Gasteiger partial charge in [0.15, 0.2) is 17.4 Å². The topological polar surface area (TPSA) is 116 Å². The highest BCUT2D eigenvalue weighted by Gasteiger charge is 2.20. The lowest BCUT2D eigenvalue weighted by molar-refractivity contribution is 0.0601. The molecule has 0 radical (unpaired) electrons. The summed E-state index contributed by atoms with van der Waals surface area (Å²) in [6.45, 7) is 0. The van der Waals surface area contributed by atoms with Crippen LogP contribution in [0.1, 0.15) is 10.4 Å². The van der Waals surface area contributed by atoms with Crippen LogP contribution in [0, 0.1) is 11.6 Å². The van der Waals surface area contributed by atoms with Crippen molar-refractivity contribution >= 4 is 29.1 Å². The Bertz CT molecular complexity index is 1360. The van der Waals surface area contributed by atoms with Crippen LogP contribution in [-0.4, -0.2) is 44.9 Å². The van der Waals surface area contributed by atoms with Crippen LogP contribution in [-0.2, 0) is 11.8 Å². The van der Waals surface area contributed by atoms with Gasteiger partial charge in [-0.2, -0.15) is 10.1 Å². The number of rotatable bonds is 7. The van der Waals surface area contributed by atoms with Gasteiger partial charge in [0, 0.05) is 19.3 Å². The molecule has 2 heterocycles. The maximum Gasteiger partial charge on any atom is 0.343 e. The molecule has 0 fully saturated rings. The molecule has 0 aliphatic carbocycles. The first-order chi connectivity index (χ1) is 16.4. The van der Waals surface area contributed by atoms with Crippen molar-refractivity contribution < 1.29 is 23.0 Å². The van der Waals surface area contributed by atoms with Crippen molar-refractivity contribution in [2.45, 2.75) is 0 Å². The fraction of sp³-hybridized carbons (Fsp3) is 0.136. The van der Waals surface area contributed by atoms with E-state index >= 15 is 0 Å². The third-order valence-electron chi connectivity index (χ3n) is 4.68. The van der Waals surface area contributed by atoms with E-state index in [1.54, 1.807) is 36.3 Å². The van der Waals surface area contributed by atoms with Gasteiger partial charge in [-0.15, -0.1) is 0 Å². The molecule has 0 bridgehead atoms. The van der Waals surface area contributed by atoms with E-state index in [1.165, 1.54) is 26.5 Å². The molecule has 2 aromatic heterocycles. The third kappa shape index (κ3) is 4.60. The first-order valence-electron chi connectivity index (χ1n) is 9.87. The number of hydrogen-bond donors (Lipinski definition) is 2.